The fraction of sp³-hybridized carbons (Fsp3) is 0.333. The first-order valence-corrected chi connectivity index (χ1v) is 14.6. The number of para-hydroxylation sites is 1. The van der Waals surface area contributed by atoms with Crippen LogP contribution in [0, 0.1) is 0 Å². The molecule has 0 radical (unpaired) electrons. The van der Waals surface area contributed by atoms with Crippen molar-refractivity contribution in [1.82, 2.24) is 14.9 Å². The Labute approximate surface area is 241 Å². The number of benzene rings is 2. The molecular formula is C30H31N5O5S. The summed E-state index contributed by atoms with van der Waals surface area (Å²) in [6.07, 6.45) is 2.48. The second-order valence-corrected chi connectivity index (χ2v) is 11.1. The minimum atomic E-state index is -1.15. The van der Waals surface area contributed by atoms with Crippen LogP contribution < -0.4 is 15.0 Å². The van der Waals surface area contributed by atoms with Gasteiger partial charge in [-0.3, -0.25) is 15.1 Å². The number of aromatic nitrogens is 2. The van der Waals surface area contributed by atoms with E-state index in [9.17, 15) is 14.7 Å². The minimum absolute atomic E-state index is 0.128. The second-order valence-electron chi connectivity index (χ2n) is 10.0. The smallest absolute Gasteiger partial charge is 0.358 e. The number of carbonyl (C=O) groups excluding carboxylic acids is 1. The summed E-state index contributed by atoms with van der Waals surface area (Å²) in [7, 11) is 0. The fourth-order valence-electron chi connectivity index (χ4n) is 5.20. The van der Waals surface area contributed by atoms with E-state index in [0.717, 1.165) is 79.1 Å². The van der Waals surface area contributed by atoms with E-state index in [-0.39, 0.29) is 17.5 Å². The number of pyridine rings is 1. The second kappa shape index (κ2) is 12.2. The van der Waals surface area contributed by atoms with Crippen LogP contribution in [0.15, 0.2) is 54.6 Å². The number of rotatable bonds is 8. The molecule has 212 valence electrons. The third-order valence-corrected chi connectivity index (χ3v) is 8.25. The quantitative estimate of drug-likeness (QED) is 0.278. The Bertz CT molecular complexity index is 1540. The Morgan fingerprint density at radius 1 is 1.05 bits per heavy atom. The van der Waals surface area contributed by atoms with Crippen LogP contribution in [0.1, 0.15) is 28.9 Å². The maximum atomic E-state index is 13.3. The van der Waals surface area contributed by atoms with Gasteiger partial charge in [-0.25, -0.2) is 19.6 Å². The van der Waals surface area contributed by atoms with Crippen LogP contribution in [0.3, 0.4) is 0 Å². The molecule has 2 N–H and O–H groups in total. The topological polar surface area (TPSA) is 117 Å². The summed E-state index contributed by atoms with van der Waals surface area (Å²) in [5.74, 6) is -0.900. The molecular weight excluding hydrogens is 542 g/mol. The normalized spacial score (nSPS) is 15.5. The minimum Gasteiger partial charge on any atom is -0.491 e. The molecule has 2 aromatic heterocycles. The maximum Gasteiger partial charge on any atom is 0.358 e. The van der Waals surface area contributed by atoms with Crippen molar-refractivity contribution >= 4 is 44.4 Å². The Kier molecular flexibility index (Phi) is 8.08. The van der Waals surface area contributed by atoms with Crippen LogP contribution in [0.2, 0.25) is 0 Å². The van der Waals surface area contributed by atoms with Gasteiger partial charge in [-0.2, -0.15) is 0 Å². The lowest BCUT2D eigenvalue weighted by Gasteiger charge is -2.29. The first-order valence-electron chi connectivity index (χ1n) is 13.8. The molecule has 11 heteroatoms. The number of fused-ring (bicyclic) bond motifs is 2. The maximum absolute atomic E-state index is 13.3. The van der Waals surface area contributed by atoms with E-state index in [1.807, 2.05) is 42.5 Å². The number of thiazole rings is 1. The van der Waals surface area contributed by atoms with Gasteiger partial charge in [0.1, 0.15) is 0 Å². The van der Waals surface area contributed by atoms with Crippen LogP contribution in [-0.4, -0.2) is 78.0 Å². The third kappa shape index (κ3) is 6.17. The van der Waals surface area contributed by atoms with Crippen LogP contribution >= 0.6 is 11.3 Å². The van der Waals surface area contributed by atoms with Crippen molar-refractivity contribution in [2.24, 2.45) is 0 Å². The number of carboxylic acids is 1. The van der Waals surface area contributed by atoms with Crippen LogP contribution in [0.5, 0.6) is 5.75 Å². The predicted octanol–water partition coefficient (Wildman–Crippen LogP) is 5.14. The lowest BCUT2D eigenvalue weighted by atomic mass is 9.98. The molecule has 2 aliphatic rings. The summed E-state index contributed by atoms with van der Waals surface area (Å²) in [6.45, 7) is 5.12. The summed E-state index contributed by atoms with van der Waals surface area (Å²) in [5.41, 5.74) is 3.79. The van der Waals surface area contributed by atoms with Gasteiger partial charge in [0, 0.05) is 37.4 Å². The average Bonchev–Trinajstić information content (AvgIpc) is 3.41. The SMILES string of the molecule is O=C(O)c1nc(-c2ccc3c(c2)N(C(=O)Nc2nc4ccccc4s2)CCC3)ccc1OCCCN1CCOCC1. The van der Waals surface area contributed by atoms with Gasteiger partial charge in [0.2, 0.25) is 0 Å². The first-order chi connectivity index (χ1) is 20.0. The van der Waals surface area contributed by atoms with E-state index in [4.69, 9.17) is 9.47 Å². The summed E-state index contributed by atoms with van der Waals surface area (Å²) in [5, 5.41) is 13.4. The van der Waals surface area contributed by atoms with Crippen LogP contribution in [0.4, 0.5) is 15.6 Å². The van der Waals surface area contributed by atoms with Crippen molar-refractivity contribution in [3.63, 3.8) is 0 Å². The number of hydrogen-bond donors (Lipinski definition) is 2. The number of anilines is 2. The van der Waals surface area contributed by atoms with Gasteiger partial charge in [-0.05, 0) is 55.2 Å². The molecule has 0 saturated carbocycles. The van der Waals surface area contributed by atoms with Crippen molar-refractivity contribution in [3.8, 4) is 17.0 Å². The molecule has 41 heavy (non-hydrogen) atoms. The number of nitrogens with zero attached hydrogens (tertiary/aromatic N) is 4. The lowest BCUT2D eigenvalue weighted by molar-refractivity contribution is 0.0357. The predicted molar refractivity (Wildman–Crippen MR) is 158 cm³/mol. The Balaban J connectivity index is 1.18. The molecule has 1 fully saturated rings. The Morgan fingerprint density at radius 2 is 1.90 bits per heavy atom. The van der Waals surface area contributed by atoms with Crippen molar-refractivity contribution in [2.75, 3.05) is 56.2 Å². The summed E-state index contributed by atoms with van der Waals surface area (Å²) >= 11 is 1.44. The van der Waals surface area contributed by atoms with Crippen molar-refractivity contribution in [3.05, 3.63) is 65.9 Å². The van der Waals surface area contributed by atoms with E-state index in [0.29, 0.717) is 24.0 Å². The molecule has 0 spiro atoms. The van der Waals surface area contributed by atoms with Crippen LogP contribution in [0.25, 0.3) is 21.5 Å². The van der Waals surface area contributed by atoms with Gasteiger partial charge in [0.15, 0.2) is 16.6 Å². The molecule has 0 atom stereocenters. The lowest BCUT2D eigenvalue weighted by Crippen LogP contribution is -2.38. The van der Waals surface area contributed by atoms with E-state index in [1.54, 1.807) is 17.0 Å². The highest BCUT2D eigenvalue weighted by molar-refractivity contribution is 7.22. The number of ether oxygens (including phenoxy) is 2. The Morgan fingerprint density at radius 3 is 2.73 bits per heavy atom. The number of urea groups is 1. The van der Waals surface area contributed by atoms with Crippen LogP contribution in [-0.2, 0) is 11.2 Å². The van der Waals surface area contributed by atoms with E-state index < -0.39 is 5.97 Å². The first kappa shape index (κ1) is 27.1. The highest BCUT2D eigenvalue weighted by atomic mass is 32.1. The highest BCUT2D eigenvalue weighted by Crippen LogP contribution is 2.34. The van der Waals surface area contributed by atoms with Gasteiger partial charge in [0.25, 0.3) is 0 Å². The number of aryl methyl sites for hydroxylation is 1. The molecule has 0 aliphatic carbocycles. The molecule has 0 bridgehead atoms. The van der Waals surface area contributed by atoms with Crippen molar-refractivity contribution in [1.29, 1.82) is 0 Å². The molecule has 10 nitrogen and oxygen atoms in total. The monoisotopic (exact) mass is 573 g/mol. The van der Waals surface area contributed by atoms with E-state index in [1.165, 1.54) is 11.3 Å². The zero-order valence-corrected chi connectivity index (χ0v) is 23.4. The molecule has 4 heterocycles. The molecule has 2 aliphatic heterocycles. The largest absolute Gasteiger partial charge is 0.491 e. The number of carboxylic acid groups (broad SMARTS) is 1. The van der Waals surface area contributed by atoms with Crippen molar-refractivity contribution in [2.45, 2.75) is 19.3 Å². The number of nitrogens with one attached hydrogen (secondary N) is 1. The van der Waals surface area contributed by atoms with Crippen molar-refractivity contribution < 1.29 is 24.2 Å². The van der Waals surface area contributed by atoms with Gasteiger partial charge in [0.05, 0.1) is 35.7 Å². The highest BCUT2D eigenvalue weighted by Gasteiger charge is 2.25. The molecule has 2 amide bonds. The molecule has 1 saturated heterocycles. The number of amides is 2. The number of aromatic carboxylic acids is 1. The summed E-state index contributed by atoms with van der Waals surface area (Å²) < 4.78 is 12.2. The molecule has 0 unspecified atom stereocenters. The third-order valence-electron chi connectivity index (χ3n) is 7.29. The average molecular weight is 574 g/mol. The summed E-state index contributed by atoms with van der Waals surface area (Å²) in [4.78, 5) is 38.4. The number of hydrogen-bond acceptors (Lipinski definition) is 8. The number of morpholine rings is 1. The van der Waals surface area contributed by atoms with E-state index >= 15 is 0 Å². The zero-order valence-electron chi connectivity index (χ0n) is 22.5. The van der Waals surface area contributed by atoms with E-state index in [2.05, 4.69) is 20.2 Å². The zero-order chi connectivity index (χ0) is 28.2. The van der Waals surface area contributed by atoms with Gasteiger partial charge < -0.3 is 14.6 Å². The summed E-state index contributed by atoms with van der Waals surface area (Å²) in [6, 6.07) is 16.8. The van der Waals surface area contributed by atoms with Gasteiger partial charge in [-0.1, -0.05) is 35.6 Å². The molecule has 6 rings (SSSR count). The Hall–Kier alpha value is -4.06. The standard InChI is InChI=1S/C30H31N5O5S/c36-28(37)27-25(40-16-4-12-34-14-17-39-18-15-34)11-10-22(31-27)21-9-8-20-5-3-13-35(24(20)19-21)30(38)33-29-32-23-6-1-2-7-26(23)41-29/h1-2,6-11,19H,3-5,12-18H2,(H,36,37)(H,32,33,38). The van der Waals surface area contributed by atoms with Gasteiger partial charge in [-0.15, -0.1) is 0 Å². The molecule has 2 aromatic carbocycles. The number of carbonyl (C=O) groups is 2. The molecule has 4 aromatic rings. The van der Waals surface area contributed by atoms with Gasteiger partial charge >= 0.3 is 12.0 Å². The fourth-order valence-corrected chi connectivity index (χ4v) is 6.06.